The number of nitrogens with zero attached hydrogens (tertiary/aromatic N) is 5. The second kappa shape index (κ2) is 8.94. The van der Waals surface area contributed by atoms with Gasteiger partial charge < -0.3 is 10.2 Å². The zero-order valence-corrected chi connectivity index (χ0v) is 16.9. The maximum atomic E-state index is 12.9. The molecule has 1 aliphatic rings. The number of aromatic nitrogens is 4. The van der Waals surface area contributed by atoms with E-state index in [1.807, 2.05) is 24.3 Å². The van der Waals surface area contributed by atoms with Crippen molar-refractivity contribution in [2.75, 3.05) is 7.05 Å². The van der Waals surface area contributed by atoms with Crippen LogP contribution in [0.3, 0.4) is 0 Å². The monoisotopic (exact) mass is 404 g/mol. The Morgan fingerprint density at radius 2 is 1.83 bits per heavy atom. The van der Waals surface area contributed by atoms with Crippen molar-refractivity contribution in [3.05, 3.63) is 60.2 Å². The topological polar surface area (TPSA) is 101 Å². The summed E-state index contributed by atoms with van der Waals surface area (Å²) in [6.45, 7) is 0.431. The molecule has 3 aromatic rings. The molecule has 0 bridgehead atoms. The molecule has 4 rings (SSSR count). The van der Waals surface area contributed by atoms with Crippen LogP contribution in [0.2, 0.25) is 0 Å². The van der Waals surface area contributed by atoms with Crippen molar-refractivity contribution in [2.24, 2.45) is 5.92 Å². The maximum absolute atomic E-state index is 12.9. The Hall–Kier alpha value is -3.42. The van der Waals surface area contributed by atoms with Crippen molar-refractivity contribution in [3.8, 4) is 0 Å². The summed E-state index contributed by atoms with van der Waals surface area (Å²) >= 11 is 0. The number of nitrogens with one attached hydrogen (secondary N) is 1. The Labute approximate surface area is 174 Å². The van der Waals surface area contributed by atoms with E-state index in [0.29, 0.717) is 12.2 Å². The van der Waals surface area contributed by atoms with Gasteiger partial charge in [-0.2, -0.15) is 5.10 Å². The predicted molar refractivity (Wildman–Crippen MR) is 111 cm³/mol. The first kappa shape index (κ1) is 19.9. The standard InChI is InChI=1S/C22H24N6O2/c1-28(14-17-13-23-18-5-2-3-6-19(18)25-17)22(30)15-8-10-16(11-9-15)26-21(29)20-7-4-12-24-27-20/h2-7,12-13,15-16H,8-11,14H2,1H3,(H,26,29). The van der Waals surface area contributed by atoms with Crippen molar-refractivity contribution < 1.29 is 9.59 Å². The predicted octanol–water partition coefficient (Wildman–Crippen LogP) is 2.37. The SMILES string of the molecule is CN(Cc1cnc2ccccc2n1)C(=O)C1CCC(NC(=O)c2cccnn2)CC1. The number of rotatable bonds is 5. The van der Waals surface area contributed by atoms with Crippen molar-refractivity contribution in [3.63, 3.8) is 0 Å². The van der Waals surface area contributed by atoms with Gasteiger partial charge in [-0.15, -0.1) is 5.10 Å². The molecule has 0 aliphatic heterocycles. The van der Waals surface area contributed by atoms with Gasteiger partial charge in [-0.3, -0.25) is 14.6 Å². The molecule has 1 N–H and O–H groups in total. The minimum Gasteiger partial charge on any atom is -0.348 e. The van der Waals surface area contributed by atoms with Gasteiger partial charge in [0.05, 0.1) is 29.5 Å². The van der Waals surface area contributed by atoms with E-state index in [1.165, 1.54) is 6.20 Å². The van der Waals surface area contributed by atoms with Crippen LogP contribution < -0.4 is 5.32 Å². The number of fused-ring (bicyclic) bond motifs is 1. The van der Waals surface area contributed by atoms with Gasteiger partial charge in [0.15, 0.2) is 5.69 Å². The first-order valence-corrected chi connectivity index (χ1v) is 10.1. The maximum Gasteiger partial charge on any atom is 0.272 e. The highest BCUT2D eigenvalue weighted by Crippen LogP contribution is 2.26. The van der Waals surface area contributed by atoms with E-state index in [2.05, 4.69) is 25.5 Å². The fraction of sp³-hybridized carbons (Fsp3) is 0.364. The summed E-state index contributed by atoms with van der Waals surface area (Å²) < 4.78 is 0. The van der Waals surface area contributed by atoms with Crippen LogP contribution in [0.1, 0.15) is 41.9 Å². The quantitative estimate of drug-likeness (QED) is 0.701. The van der Waals surface area contributed by atoms with Crippen LogP contribution in [-0.2, 0) is 11.3 Å². The van der Waals surface area contributed by atoms with Gasteiger partial charge in [0.1, 0.15) is 0 Å². The largest absolute Gasteiger partial charge is 0.348 e. The molecule has 1 saturated carbocycles. The van der Waals surface area contributed by atoms with Crippen LogP contribution in [0.25, 0.3) is 11.0 Å². The van der Waals surface area contributed by atoms with Crippen LogP contribution in [-0.4, -0.2) is 50.0 Å². The zero-order valence-electron chi connectivity index (χ0n) is 16.9. The zero-order chi connectivity index (χ0) is 20.9. The minimum absolute atomic E-state index is 0.0342. The molecule has 2 heterocycles. The van der Waals surface area contributed by atoms with Crippen LogP contribution in [0.15, 0.2) is 48.8 Å². The Kier molecular flexibility index (Phi) is 5.92. The van der Waals surface area contributed by atoms with Gasteiger partial charge in [-0.1, -0.05) is 12.1 Å². The lowest BCUT2D eigenvalue weighted by molar-refractivity contribution is -0.135. The van der Waals surface area contributed by atoms with Gasteiger partial charge in [-0.05, 0) is 49.9 Å². The molecule has 30 heavy (non-hydrogen) atoms. The minimum atomic E-state index is -0.218. The molecule has 154 valence electrons. The first-order valence-electron chi connectivity index (χ1n) is 10.1. The second-order valence-corrected chi connectivity index (χ2v) is 7.68. The normalized spacial score (nSPS) is 18.7. The lowest BCUT2D eigenvalue weighted by atomic mass is 9.85. The molecule has 8 heteroatoms. The Bertz CT molecular complexity index is 1030. The molecule has 0 unspecified atom stereocenters. The highest BCUT2D eigenvalue weighted by atomic mass is 16.2. The number of hydrogen-bond donors (Lipinski definition) is 1. The van der Waals surface area contributed by atoms with Crippen molar-refractivity contribution in [1.29, 1.82) is 0 Å². The van der Waals surface area contributed by atoms with E-state index < -0.39 is 0 Å². The van der Waals surface area contributed by atoms with Crippen molar-refractivity contribution >= 4 is 22.8 Å². The molecule has 2 amide bonds. The van der Waals surface area contributed by atoms with Gasteiger partial charge in [-0.25, -0.2) is 4.98 Å². The summed E-state index contributed by atoms with van der Waals surface area (Å²) in [4.78, 5) is 35.9. The van der Waals surface area contributed by atoms with Crippen molar-refractivity contribution in [1.82, 2.24) is 30.4 Å². The van der Waals surface area contributed by atoms with Crippen LogP contribution in [0.5, 0.6) is 0 Å². The number of carbonyl (C=O) groups excluding carboxylic acids is 2. The van der Waals surface area contributed by atoms with E-state index in [9.17, 15) is 9.59 Å². The average Bonchev–Trinajstić information content (AvgIpc) is 2.79. The van der Waals surface area contributed by atoms with E-state index in [0.717, 1.165) is 42.4 Å². The van der Waals surface area contributed by atoms with Crippen LogP contribution >= 0.6 is 0 Å². The summed E-state index contributed by atoms with van der Waals surface area (Å²) in [6, 6.07) is 11.1. The summed E-state index contributed by atoms with van der Waals surface area (Å²) in [5, 5.41) is 10.6. The molecule has 2 aromatic heterocycles. The molecular weight excluding hydrogens is 380 g/mol. The number of benzene rings is 1. The molecule has 8 nitrogen and oxygen atoms in total. The summed E-state index contributed by atoms with van der Waals surface area (Å²) in [5.41, 5.74) is 2.76. The third-order valence-electron chi connectivity index (χ3n) is 5.49. The highest BCUT2D eigenvalue weighted by Gasteiger charge is 2.29. The van der Waals surface area contributed by atoms with Crippen LogP contribution in [0, 0.1) is 5.92 Å². The lowest BCUT2D eigenvalue weighted by Crippen LogP contribution is -2.41. The summed E-state index contributed by atoms with van der Waals surface area (Å²) in [5.74, 6) is -0.137. The van der Waals surface area contributed by atoms with Gasteiger partial charge in [0.2, 0.25) is 5.91 Å². The molecule has 0 atom stereocenters. The average molecular weight is 404 g/mol. The van der Waals surface area contributed by atoms with Gasteiger partial charge in [0.25, 0.3) is 5.91 Å². The third-order valence-corrected chi connectivity index (χ3v) is 5.49. The molecule has 1 aliphatic carbocycles. The Morgan fingerprint density at radius 1 is 1.07 bits per heavy atom. The van der Waals surface area contributed by atoms with Crippen LogP contribution in [0.4, 0.5) is 0 Å². The number of hydrogen-bond acceptors (Lipinski definition) is 6. The molecule has 1 fully saturated rings. The van der Waals surface area contributed by atoms with Gasteiger partial charge in [0, 0.05) is 25.2 Å². The van der Waals surface area contributed by atoms with E-state index in [1.54, 1.807) is 30.3 Å². The molecular formula is C22H24N6O2. The summed E-state index contributed by atoms with van der Waals surface area (Å²) in [7, 11) is 1.81. The molecule has 0 spiro atoms. The number of carbonyl (C=O) groups is 2. The highest BCUT2D eigenvalue weighted by molar-refractivity contribution is 5.92. The molecule has 0 saturated heterocycles. The summed E-state index contributed by atoms with van der Waals surface area (Å²) in [6.07, 6.45) is 6.30. The lowest BCUT2D eigenvalue weighted by Gasteiger charge is -2.30. The smallest absolute Gasteiger partial charge is 0.272 e. The third kappa shape index (κ3) is 4.59. The Morgan fingerprint density at radius 3 is 2.57 bits per heavy atom. The molecule has 1 aromatic carbocycles. The van der Waals surface area contributed by atoms with E-state index in [4.69, 9.17) is 0 Å². The van der Waals surface area contributed by atoms with E-state index in [-0.39, 0.29) is 23.8 Å². The first-order chi connectivity index (χ1) is 14.6. The Balaban J connectivity index is 1.29. The fourth-order valence-corrected chi connectivity index (χ4v) is 3.87. The number of para-hydroxylation sites is 2. The van der Waals surface area contributed by atoms with Crippen molar-refractivity contribution in [2.45, 2.75) is 38.3 Å². The van der Waals surface area contributed by atoms with Gasteiger partial charge >= 0.3 is 0 Å². The fourth-order valence-electron chi connectivity index (χ4n) is 3.87. The molecule has 0 radical (unpaired) electrons. The second-order valence-electron chi connectivity index (χ2n) is 7.68. The number of amides is 2. The van der Waals surface area contributed by atoms with E-state index >= 15 is 0 Å².